The number of rotatable bonds is 8. The van der Waals surface area contributed by atoms with E-state index < -0.39 is 5.97 Å². The topological polar surface area (TPSA) is 81.7 Å². The van der Waals surface area contributed by atoms with Gasteiger partial charge in [-0.3, -0.25) is 9.69 Å². The van der Waals surface area contributed by atoms with Gasteiger partial charge in [0.05, 0.1) is 6.54 Å². The summed E-state index contributed by atoms with van der Waals surface area (Å²) in [5, 5.41) is 14.6. The molecule has 138 valence electrons. The maximum Gasteiger partial charge on any atom is 0.317 e. The van der Waals surface area contributed by atoms with Gasteiger partial charge in [0.25, 0.3) is 0 Å². The molecular weight excluding hydrogens is 325 g/mol. The van der Waals surface area contributed by atoms with E-state index in [1.807, 2.05) is 18.7 Å². The molecule has 0 heterocycles. The molecule has 1 saturated carbocycles. The highest BCUT2D eigenvalue weighted by Crippen LogP contribution is 2.25. The highest BCUT2D eigenvalue weighted by molar-refractivity contribution is 5.74. The van der Waals surface area contributed by atoms with Gasteiger partial charge in [-0.1, -0.05) is 26.0 Å². The van der Waals surface area contributed by atoms with Crippen molar-refractivity contribution in [2.75, 3.05) is 19.6 Å². The highest BCUT2D eigenvalue weighted by Gasteiger charge is 2.34. The minimum Gasteiger partial charge on any atom is -0.480 e. The average Bonchev–Trinajstić information content (AvgIpc) is 2.54. The fourth-order valence-electron chi connectivity index (χ4n) is 3.07. The predicted octanol–water partition coefficient (Wildman–Crippen LogP) is 2.17. The van der Waals surface area contributed by atoms with E-state index in [0.29, 0.717) is 13.1 Å². The third-order valence-corrected chi connectivity index (χ3v) is 4.72. The Bertz CT molecular complexity index is 588. The number of benzene rings is 1. The molecule has 0 aliphatic heterocycles. The van der Waals surface area contributed by atoms with Crippen molar-refractivity contribution in [3.8, 4) is 0 Å². The first-order chi connectivity index (χ1) is 11.9. The Kier molecular flexibility index (Phi) is 6.75. The summed E-state index contributed by atoms with van der Waals surface area (Å²) in [5.74, 6) is -1.01. The molecule has 6 nitrogen and oxygen atoms in total. The molecule has 0 aromatic heterocycles. The lowest BCUT2D eigenvalue weighted by Crippen LogP contribution is -2.56. The quantitative estimate of drug-likeness (QED) is 0.670. The number of likely N-dealkylation sites (N-methyl/N-ethyl adjacent to an activating group) is 1. The van der Waals surface area contributed by atoms with Crippen LogP contribution < -0.4 is 10.6 Å². The Labute approximate surface area is 147 Å². The number of hydrogen-bond acceptors (Lipinski definition) is 3. The van der Waals surface area contributed by atoms with Gasteiger partial charge >= 0.3 is 12.0 Å². The molecule has 0 radical (unpaired) electrons. The lowest BCUT2D eigenvalue weighted by Gasteiger charge is -2.42. The van der Waals surface area contributed by atoms with Crippen LogP contribution in [0.2, 0.25) is 0 Å². The second-order valence-electron chi connectivity index (χ2n) is 6.59. The minimum atomic E-state index is -0.828. The number of carbonyl (C=O) groups is 2. The third kappa shape index (κ3) is 5.70. The Morgan fingerprint density at radius 3 is 2.52 bits per heavy atom. The van der Waals surface area contributed by atoms with Crippen LogP contribution in [0.15, 0.2) is 24.3 Å². The van der Waals surface area contributed by atoms with Crippen molar-refractivity contribution in [3.05, 3.63) is 35.6 Å². The van der Waals surface area contributed by atoms with Crippen LogP contribution >= 0.6 is 0 Å². The number of halogens is 1. The van der Waals surface area contributed by atoms with Crippen LogP contribution in [0.4, 0.5) is 9.18 Å². The smallest absolute Gasteiger partial charge is 0.317 e. The lowest BCUT2D eigenvalue weighted by molar-refractivity contribution is -0.139. The third-order valence-electron chi connectivity index (χ3n) is 4.72. The van der Waals surface area contributed by atoms with Crippen molar-refractivity contribution in [1.29, 1.82) is 0 Å². The summed E-state index contributed by atoms with van der Waals surface area (Å²) in [7, 11) is 0. The first-order valence-corrected chi connectivity index (χ1v) is 8.64. The molecule has 1 atom stereocenters. The molecule has 1 aliphatic carbocycles. The van der Waals surface area contributed by atoms with E-state index in [0.717, 1.165) is 18.4 Å². The van der Waals surface area contributed by atoms with Crippen molar-refractivity contribution >= 4 is 12.0 Å². The number of carbonyl (C=O) groups excluding carboxylic acids is 1. The van der Waals surface area contributed by atoms with Crippen LogP contribution in [0.25, 0.3) is 0 Å². The first kappa shape index (κ1) is 19.2. The van der Waals surface area contributed by atoms with E-state index in [4.69, 9.17) is 5.11 Å². The predicted molar refractivity (Wildman–Crippen MR) is 93.0 cm³/mol. The molecule has 1 unspecified atom stereocenters. The fourth-order valence-corrected chi connectivity index (χ4v) is 3.07. The molecule has 25 heavy (non-hydrogen) atoms. The van der Waals surface area contributed by atoms with Gasteiger partial charge in [-0.15, -0.1) is 0 Å². The lowest BCUT2D eigenvalue weighted by atomic mass is 9.85. The standard InChI is InChI=1S/C18H26FN3O3/c1-3-22(11-17(23)24)16-8-15(9-16)21-18(25)20-10-12(2)13-4-6-14(19)7-5-13/h4-7,12,15-16H,3,8-11H2,1-2H3,(H,23,24)(H2,20,21,25). The highest BCUT2D eigenvalue weighted by atomic mass is 19.1. The van der Waals surface area contributed by atoms with E-state index in [2.05, 4.69) is 10.6 Å². The molecule has 1 aromatic rings. The molecule has 2 rings (SSSR count). The van der Waals surface area contributed by atoms with E-state index in [-0.39, 0.29) is 36.4 Å². The molecule has 2 amide bonds. The summed E-state index contributed by atoms with van der Waals surface area (Å²) < 4.78 is 12.9. The Morgan fingerprint density at radius 1 is 1.32 bits per heavy atom. The number of nitrogens with one attached hydrogen (secondary N) is 2. The Hall–Kier alpha value is -2.15. The number of nitrogens with zero attached hydrogens (tertiary/aromatic N) is 1. The first-order valence-electron chi connectivity index (χ1n) is 8.64. The van der Waals surface area contributed by atoms with Gasteiger partial charge in [-0.2, -0.15) is 0 Å². The summed E-state index contributed by atoms with van der Waals surface area (Å²) in [6, 6.07) is 6.33. The molecular formula is C18H26FN3O3. The van der Waals surface area contributed by atoms with Crippen LogP contribution in [-0.2, 0) is 4.79 Å². The molecule has 1 aliphatic rings. The van der Waals surface area contributed by atoms with Gasteiger partial charge in [0.2, 0.25) is 0 Å². The zero-order valence-corrected chi connectivity index (χ0v) is 14.7. The largest absolute Gasteiger partial charge is 0.480 e. The summed E-state index contributed by atoms with van der Waals surface area (Å²) in [4.78, 5) is 24.7. The summed E-state index contributed by atoms with van der Waals surface area (Å²) in [6.45, 7) is 5.10. The van der Waals surface area contributed by atoms with Crippen LogP contribution in [0.5, 0.6) is 0 Å². The Morgan fingerprint density at radius 2 is 1.96 bits per heavy atom. The number of amides is 2. The van der Waals surface area contributed by atoms with Gasteiger partial charge in [0.1, 0.15) is 5.82 Å². The summed E-state index contributed by atoms with van der Waals surface area (Å²) >= 11 is 0. The number of carboxylic acid groups (broad SMARTS) is 1. The van der Waals surface area contributed by atoms with Gasteiger partial charge in [-0.05, 0) is 43.0 Å². The van der Waals surface area contributed by atoms with E-state index >= 15 is 0 Å². The van der Waals surface area contributed by atoms with E-state index in [1.165, 1.54) is 12.1 Å². The van der Waals surface area contributed by atoms with Crippen LogP contribution in [0.1, 0.15) is 38.2 Å². The SMILES string of the molecule is CCN(CC(=O)O)C1CC(NC(=O)NCC(C)c2ccc(F)cc2)C1. The van der Waals surface area contributed by atoms with Gasteiger partial charge in [-0.25, -0.2) is 9.18 Å². The van der Waals surface area contributed by atoms with Gasteiger partial charge in [0, 0.05) is 18.6 Å². The average molecular weight is 351 g/mol. The van der Waals surface area contributed by atoms with Crippen LogP contribution in [-0.4, -0.2) is 53.7 Å². The minimum absolute atomic E-state index is 0.0370. The molecule has 0 spiro atoms. The maximum atomic E-state index is 12.9. The van der Waals surface area contributed by atoms with Gasteiger partial charge < -0.3 is 15.7 Å². The normalized spacial score (nSPS) is 20.6. The number of hydrogen-bond donors (Lipinski definition) is 3. The van der Waals surface area contributed by atoms with E-state index in [1.54, 1.807) is 12.1 Å². The van der Waals surface area contributed by atoms with Crippen molar-refractivity contribution in [3.63, 3.8) is 0 Å². The number of carboxylic acids is 1. The maximum absolute atomic E-state index is 12.9. The molecule has 0 saturated heterocycles. The second kappa shape index (κ2) is 8.80. The summed E-state index contributed by atoms with van der Waals surface area (Å²) in [5.41, 5.74) is 0.970. The van der Waals surface area contributed by atoms with Crippen molar-refractivity contribution in [2.45, 2.75) is 44.7 Å². The van der Waals surface area contributed by atoms with Crippen LogP contribution in [0, 0.1) is 5.82 Å². The molecule has 1 fully saturated rings. The fraction of sp³-hybridized carbons (Fsp3) is 0.556. The second-order valence-corrected chi connectivity index (χ2v) is 6.59. The Balaban J connectivity index is 1.68. The molecule has 0 bridgehead atoms. The number of aliphatic carboxylic acids is 1. The summed E-state index contributed by atoms with van der Waals surface area (Å²) in [6.07, 6.45) is 1.53. The zero-order valence-electron chi connectivity index (χ0n) is 14.7. The molecule has 3 N–H and O–H groups in total. The van der Waals surface area contributed by atoms with Crippen LogP contribution in [0.3, 0.4) is 0 Å². The number of urea groups is 1. The molecule has 7 heteroatoms. The monoisotopic (exact) mass is 351 g/mol. The zero-order chi connectivity index (χ0) is 18.4. The van der Waals surface area contributed by atoms with Crippen molar-refractivity contribution in [2.24, 2.45) is 0 Å². The van der Waals surface area contributed by atoms with Gasteiger partial charge in [0.15, 0.2) is 0 Å². The van der Waals surface area contributed by atoms with Crippen molar-refractivity contribution in [1.82, 2.24) is 15.5 Å². The molecule has 1 aromatic carbocycles. The van der Waals surface area contributed by atoms with E-state index in [9.17, 15) is 14.0 Å². The van der Waals surface area contributed by atoms with Crippen molar-refractivity contribution < 1.29 is 19.1 Å².